The third-order valence-corrected chi connectivity index (χ3v) is 4.54. The Morgan fingerprint density at radius 1 is 1.20 bits per heavy atom. The van der Waals surface area contributed by atoms with E-state index in [0.717, 1.165) is 17.0 Å². The highest BCUT2D eigenvalue weighted by molar-refractivity contribution is 6.30. The summed E-state index contributed by atoms with van der Waals surface area (Å²) in [7, 11) is 1.61. The molecule has 0 unspecified atom stereocenters. The number of rotatable bonds is 5. The molecule has 0 spiro atoms. The number of benzene rings is 2. The van der Waals surface area contributed by atoms with E-state index in [1.54, 1.807) is 36.3 Å². The maximum absolute atomic E-state index is 12.5. The smallest absolute Gasteiger partial charge is 0.239 e. The van der Waals surface area contributed by atoms with Gasteiger partial charge in [-0.05, 0) is 48.4 Å². The van der Waals surface area contributed by atoms with Crippen molar-refractivity contribution < 1.29 is 14.3 Å². The minimum absolute atomic E-state index is 0.172. The van der Waals surface area contributed by atoms with Crippen LogP contribution in [-0.4, -0.2) is 25.5 Å². The lowest BCUT2D eigenvalue weighted by molar-refractivity contribution is -0.132. The molecule has 0 bridgehead atoms. The zero-order chi connectivity index (χ0) is 17.8. The Morgan fingerprint density at radius 2 is 1.88 bits per heavy atom. The molecule has 1 aliphatic rings. The van der Waals surface area contributed by atoms with Gasteiger partial charge in [-0.1, -0.05) is 23.7 Å². The van der Waals surface area contributed by atoms with E-state index in [1.807, 2.05) is 24.3 Å². The number of halogens is 1. The van der Waals surface area contributed by atoms with Gasteiger partial charge in [0.15, 0.2) is 0 Å². The number of ether oxygens (including phenoxy) is 1. The second-order valence-corrected chi connectivity index (χ2v) is 6.31. The molecule has 1 heterocycles. The molecule has 25 heavy (non-hydrogen) atoms. The Balaban J connectivity index is 1.59. The first-order valence-electron chi connectivity index (χ1n) is 8.06. The summed E-state index contributed by atoms with van der Waals surface area (Å²) in [5.74, 6) is -0.291. The van der Waals surface area contributed by atoms with E-state index < -0.39 is 5.92 Å². The van der Waals surface area contributed by atoms with Crippen LogP contribution in [0.1, 0.15) is 12.0 Å². The van der Waals surface area contributed by atoms with E-state index >= 15 is 0 Å². The molecule has 1 atom stereocenters. The molecule has 2 aromatic carbocycles. The molecule has 0 saturated carbocycles. The fourth-order valence-electron chi connectivity index (χ4n) is 2.86. The first-order valence-corrected chi connectivity index (χ1v) is 8.44. The van der Waals surface area contributed by atoms with Crippen LogP contribution in [0.3, 0.4) is 0 Å². The molecule has 2 amide bonds. The summed E-state index contributed by atoms with van der Waals surface area (Å²) in [5.41, 5.74) is 1.72. The Hall–Kier alpha value is -2.53. The third-order valence-electron chi connectivity index (χ3n) is 4.29. The molecule has 5 nitrogen and oxygen atoms in total. The number of carbonyl (C=O) groups is 2. The number of carbonyl (C=O) groups excluding carboxylic acids is 2. The van der Waals surface area contributed by atoms with Crippen molar-refractivity contribution in [3.63, 3.8) is 0 Å². The number of amides is 2. The maximum Gasteiger partial charge on any atom is 0.239 e. The number of hydrogen-bond acceptors (Lipinski definition) is 3. The molecule has 1 N–H and O–H groups in total. The van der Waals surface area contributed by atoms with Crippen LogP contribution in [0.25, 0.3) is 0 Å². The summed E-state index contributed by atoms with van der Waals surface area (Å²) in [5, 5.41) is 3.46. The van der Waals surface area contributed by atoms with Crippen molar-refractivity contribution in [2.45, 2.75) is 13.0 Å². The lowest BCUT2D eigenvalue weighted by Crippen LogP contribution is -2.36. The molecular formula is C19H19ClN2O3. The lowest BCUT2D eigenvalue weighted by atomic mass is 10.1. The van der Waals surface area contributed by atoms with Crippen molar-refractivity contribution in [1.29, 1.82) is 0 Å². The van der Waals surface area contributed by atoms with Gasteiger partial charge in [-0.25, -0.2) is 0 Å². The van der Waals surface area contributed by atoms with Gasteiger partial charge in [-0.2, -0.15) is 0 Å². The minimum atomic E-state index is -0.645. The largest absolute Gasteiger partial charge is 0.497 e. The highest BCUT2D eigenvalue weighted by atomic mass is 35.5. The monoisotopic (exact) mass is 358 g/mol. The topological polar surface area (TPSA) is 58.6 Å². The van der Waals surface area contributed by atoms with Crippen molar-refractivity contribution in [1.82, 2.24) is 5.32 Å². The number of nitrogens with one attached hydrogen (secondary N) is 1. The van der Waals surface area contributed by atoms with E-state index in [4.69, 9.17) is 16.3 Å². The minimum Gasteiger partial charge on any atom is -0.497 e. The third kappa shape index (κ3) is 3.94. The van der Waals surface area contributed by atoms with Crippen LogP contribution in [0.15, 0.2) is 48.5 Å². The van der Waals surface area contributed by atoms with Crippen LogP contribution in [0.4, 0.5) is 5.69 Å². The van der Waals surface area contributed by atoms with Crippen LogP contribution in [-0.2, 0) is 16.1 Å². The average Bonchev–Trinajstić information content (AvgIpc) is 3.02. The number of hydrogen-bond donors (Lipinski definition) is 1. The van der Waals surface area contributed by atoms with Gasteiger partial charge in [-0.3, -0.25) is 9.59 Å². The van der Waals surface area contributed by atoms with Crippen molar-refractivity contribution in [2.24, 2.45) is 5.92 Å². The van der Waals surface area contributed by atoms with Gasteiger partial charge in [0, 0.05) is 23.8 Å². The van der Waals surface area contributed by atoms with Gasteiger partial charge in [0.2, 0.25) is 11.8 Å². The summed E-state index contributed by atoms with van der Waals surface area (Å²) in [6, 6.07) is 14.5. The Kier molecular flexibility index (Phi) is 5.24. The van der Waals surface area contributed by atoms with E-state index in [1.165, 1.54) is 0 Å². The quantitative estimate of drug-likeness (QED) is 0.836. The Labute approximate surface area is 151 Å². The number of anilines is 1. The lowest BCUT2D eigenvalue weighted by Gasteiger charge is -2.17. The van der Waals surface area contributed by atoms with Gasteiger partial charge in [0.05, 0.1) is 7.11 Å². The second-order valence-electron chi connectivity index (χ2n) is 5.87. The molecule has 1 fully saturated rings. The number of methoxy groups -OCH3 is 1. The highest BCUT2D eigenvalue weighted by Crippen LogP contribution is 2.26. The van der Waals surface area contributed by atoms with Crippen LogP contribution in [0.2, 0.25) is 5.02 Å². The molecule has 1 saturated heterocycles. The highest BCUT2D eigenvalue weighted by Gasteiger charge is 2.37. The summed E-state index contributed by atoms with van der Waals surface area (Å²) < 4.78 is 5.11. The van der Waals surface area contributed by atoms with Crippen LogP contribution in [0, 0.1) is 5.92 Å². The second kappa shape index (κ2) is 7.57. The molecule has 130 valence electrons. The maximum atomic E-state index is 12.5. The van der Waals surface area contributed by atoms with Gasteiger partial charge >= 0.3 is 0 Å². The van der Waals surface area contributed by atoms with Gasteiger partial charge in [-0.15, -0.1) is 0 Å². The van der Waals surface area contributed by atoms with E-state index in [9.17, 15) is 9.59 Å². The molecule has 0 aliphatic carbocycles. The normalized spacial score (nSPS) is 16.8. The molecule has 2 aromatic rings. The van der Waals surface area contributed by atoms with Gasteiger partial charge < -0.3 is 15.0 Å². The predicted octanol–water partition coefficient (Wildman–Crippen LogP) is 3.02. The van der Waals surface area contributed by atoms with Crippen molar-refractivity contribution in [2.75, 3.05) is 18.6 Å². The molecule has 3 rings (SSSR count). The van der Waals surface area contributed by atoms with E-state index in [-0.39, 0.29) is 11.8 Å². The average molecular weight is 359 g/mol. The SMILES string of the molecule is COc1ccc(CNC(=O)[C@H]2CCN(c3ccc(Cl)cc3)C2=O)cc1. The predicted molar refractivity (Wildman–Crippen MR) is 96.8 cm³/mol. The summed E-state index contributed by atoms with van der Waals surface area (Å²) in [6.45, 7) is 0.911. The summed E-state index contributed by atoms with van der Waals surface area (Å²) in [4.78, 5) is 26.6. The number of nitrogens with zero attached hydrogens (tertiary/aromatic N) is 1. The molecule has 6 heteroatoms. The fraction of sp³-hybridized carbons (Fsp3) is 0.263. The van der Waals surface area contributed by atoms with E-state index in [2.05, 4.69) is 5.32 Å². The molecule has 0 aromatic heterocycles. The van der Waals surface area contributed by atoms with Gasteiger partial charge in [0.25, 0.3) is 0 Å². The fourth-order valence-corrected chi connectivity index (χ4v) is 2.98. The van der Waals surface area contributed by atoms with Gasteiger partial charge in [0.1, 0.15) is 11.7 Å². The molecule has 1 aliphatic heterocycles. The van der Waals surface area contributed by atoms with Crippen molar-refractivity contribution in [3.05, 3.63) is 59.1 Å². The molecule has 0 radical (unpaired) electrons. The first-order chi connectivity index (χ1) is 12.1. The standard InChI is InChI=1S/C19H19ClN2O3/c1-25-16-8-2-13(3-9-16)12-21-18(23)17-10-11-22(19(17)24)15-6-4-14(20)5-7-15/h2-9,17H,10-12H2,1H3,(H,21,23)/t17-/m1/s1. The Morgan fingerprint density at radius 3 is 2.52 bits per heavy atom. The zero-order valence-electron chi connectivity index (χ0n) is 13.9. The molecular weight excluding hydrogens is 340 g/mol. The summed E-state index contributed by atoms with van der Waals surface area (Å²) in [6.07, 6.45) is 0.510. The van der Waals surface area contributed by atoms with Crippen molar-refractivity contribution >= 4 is 29.1 Å². The van der Waals surface area contributed by atoms with Crippen LogP contribution >= 0.6 is 11.6 Å². The Bertz CT molecular complexity index is 759. The first kappa shape index (κ1) is 17.3. The van der Waals surface area contributed by atoms with Crippen molar-refractivity contribution in [3.8, 4) is 5.75 Å². The zero-order valence-corrected chi connectivity index (χ0v) is 14.6. The van der Waals surface area contributed by atoms with E-state index in [0.29, 0.717) is 24.5 Å². The van der Waals surface area contributed by atoms with Crippen LogP contribution < -0.4 is 15.0 Å². The summed E-state index contributed by atoms with van der Waals surface area (Å²) >= 11 is 5.88. The van der Waals surface area contributed by atoms with Crippen LogP contribution in [0.5, 0.6) is 5.75 Å².